The van der Waals surface area contributed by atoms with Gasteiger partial charge in [-0.1, -0.05) is 6.92 Å². The second kappa shape index (κ2) is 7.52. The van der Waals surface area contributed by atoms with Crippen LogP contribution in [0.15, 0.2) is 35.2 Å². The minimum Gasteiger partial charge on any atom is -0.367 e. The molecule has 4 rings (SSSR count). The molecule has 0 radical (unpaired) electrons. The van der Waals surface area contributed by atoms with Gasteiger partial charge in [-0.25, -0.2) is 17.5 Å². The van der Waals surface area contributed by atoms with E-state index >= 15 is 0 Å². The third kappa shape index (κ3) is 3.68. The first-order valence-electron chi connectivity index (χ1n) is 9.81. The first-order chi connectivity index (χ1) is 14.1. The van der Waals surface area contributed by atoms with Crippen molar-refractivity contribution in [3.05, 3.63) is 41.8 Å². The van der Waals surface area contributed by atoms with Crippen molar-refractivity contribution in [2.24, 2.45) is 0 Å². The van der Waals surface area contributed by atoms with Gasteiger partial charge < -0.3 is 5.32 Å². The lowest BCUT2D eigenvalue weighted by Gasteiger charge is -2.32. The smallest absolute Gasteiger partial charge is 0.367 e. The van der Waals surface area contributed by atoms with Gasteiger partial charge in [0.1, 0.15) is 11.6 Å². The Kier molecular flexibility index (Phi) is 5.29. The van der Waals surface area contributed by atoms with E-state index < -0.39 is 34.1 Å². The largest absolute Gasteiger partial charge is 0.410 e. The Bertz CT molecular complexity index is 1020. The van der Waals surface area contributed by atoms with Crippen molar-refractivity contribution in [2.45, 2.75) is 61.8 Å². The van der Waals surface area contributed by atoms with E-state index in [0.29, 0.717) is 19.3 Å². The maximum absolute atomic E-state index is 13.6. The quantitative estimate of drug-likeness (QED) is 0.714. The molecule has 3 unspecified atom stereocenters. The van der Waals surface area contributed by atoms with Gasteiger partial charge >= 0.3 is 6.18 Å². The number of hydrogen-bond donors (Lipinski definition) is 1. The normalized spacial score (nSPS) is 25.2. The highest BCUT2D eigenvalue weighted by atomic mass is 32.2. The molecule has 1 fully saturated rings. The average molecular weight is 446 g/mol. The molecule has 6 nitrogen and oxygen atoms in total. The van der Waals surface area contributed by atoms with E-state index in [1.807, 2.05) is 6.92 Å². The Balaban J connectivity index is 1.69. The summed E-state index contributed by atoms with van der Waals surface area (Å²) >= 11 is 0. The Morgan fingerprint density at radius 3 is 2.57 bits per heavy atom. The van der Waals surface area contributed by atoms with Crippen LogP contribution in [0.3, 0.4) is 0 Å². The summed E-state index contributed by atoms with van der Waals surface area (Å²) in [5.41, 5.74) is 0.284. The van der Waals surface area contributed by atoms with Crippen LogP contribution in [0.5, 0.6) is 0 Å². The van der Waals surface area contributed by atoms with Gasteiger partial charge in [0.15, 0.2) is 6.04 Å². The Morgan fingerprint density at radius 2 is 1.93 bits per heavy atom. The second-order valence-corrected chi connectivity index (χ2v) is 9.56. The fourth-order valence-electron chi connectivity index (χ4n) is 4.17. The van der Waals surface area contributed by atoms with Gasteiger partial charge in [0.25, 0.3) is 0 Å². The van der Waals surface area contributed by atoms with E-state index in [1.54, 1.807) is 0 Å². The summed E-state index contributed by atoms with van der Waals surface area (Å²) < 4.78 is 82.3. The van der Waals surface area contributed by atoms with Gasteiger partial charge in [0.05, 0.1) is 16.6 Å². The lowest BCUT2D eigenvalue weighted by molar-refractivity contribution is -0.173. The molecule has 1 N–H and O–H groups in total. The van der Waals surface area contributed by atoms with E-state index in [2.05, 4.69) is 10.4 Å². The standard InChI is InChI=1S/C19H22F4N4O2S/c1-2-13-10-17(19(21,22)23)27-18(24-13)11-15(25-27)16-4-3-9-26(16)30(28,29)14-7-5-12(20)6-8-14/h5-8,11,13,16-17,24H,2-4,9-10H2,1H3. The van der Waals surface area contributed by atoms with E-state index in [-0.39, 0.29) is 35.4 Å². The van der Waals surface area contributed by atoms with Crippen LogP contribution in [0.1, 0.15) is 50.4 Å². The van der Waals surface area contributed by atoms with Gasteiger partial charge in [0, 0.05) is 18.7 Å². The number of benzene rings is 1. The van der Waals surface area contributed by atoms with Crippen molar-refractivity contribution >= 4 is 15.8 Å². The number of anilines is 1. The van der Waals surface area contributed by atoms with Crippen LogP contribution in [0, 0.1) is 5.82 Å². The molecule has 0 aliphatic carbocycles. The molecule has 1 aromatic carbocycles. The first kappa shape index (κ1) is 21.1. The molecule has 30 heavy (non-hydrogen) atoms. The predicted molar refractivity (Wildman–Crippen MR) is 102 cm³/mol. The molecule has 1 aromatic heterocycles. The number of hydrogen-bond acceptors (Lipinski definition) is 4. The minimum atomic E-state index is -4.46. The summed E-state index contributed by atoms with van der Waals surface area (Å²) in [6.45, 7) is 2.03. The van der Waals surface area contributed by atoms with Crippen molar-refractivity contribution in [1.82, 2.24) is 14.1 Å². The van der Waals surface area contributed by atoms with E-state index in [0.717, 1.165) is 16.8 Å². The van der Waals surface area contributed by atoms with Crippen LogP contribution >= 0.6 is 0 Å². The maximum atomic E-state index is 13.6. The highest BCUT2D eigenvalue weighted by Crippen LogP contribution is 2.43. The van der Waals surface area contributed by atoms with Gasteiger partial charge in [0.2, 0.25) is 10.0 Å². The van der Waals surface area contributed by atoms with Crippen molar-refractivity contribution in [3.8, 4) is 0 Å². The zero-order valence-electron chi connectivity index (χ0n) is 16.2. The molecular weight excluding hydrogens is 424 g/mol. The van der Waals surface area contributed by atoms with Gasteiger partial charge in [-0.3, -0.25) is 0 Å². The van der Waals surface area contributed by atoms with E-state index in [4.69, 9.17) is 0 Å². The zero-order valence-corrected chi connectivity index (χ0v) is 17.0. The summed E-state index contributed by atoms with van der Waals surface area (Å²) in [7, 11) is -3.94. The molecule has 1 saturated heterocycles. The molecule has 3 atom stereocenters. The number of nitrogens with zero attached hydrogens (tertiary/aromatic N) is 3. The van der Waals surface area contributed by atoms with Crippen LogP contribution in [0.25, 0.3) is 0 Å². The number of rotatable bonds is 4. The van der Waals surface area contributed by atoms with E-state index in [9.17, 15) is 26.0 Å². The van der Waals surface area contributed by atoms with Gasteiger partial charge in [-0.15, -0.1) is 0 Å². The summed E-state index contributed by atoms with van der Waals surface area (Å²) in [4.78, 5) is -0.0582. The van der Waals surface area contributed by atoms with Crippen LogP contribution in [0.2, 0.25) is 0 Å². The summed E-state index contributed by atoms with van der Waals surface area (Å²) in [5.74, 6) is -0.306. The number of aromatic nitrogens is 2. The number of sulfonamides is 1. The molecule has 2 aliphatic rings. The zero-order chi connectivity index (χ0) is 21.7. The average Bonchev–Trinajstić information content (AvgIpc) is 3.33. The molecule has 2 aromatic rings. The maximum Gasteiger partial charge on any atom is 0.410 e. The number of alkyl halides is 3. The van der Waals surface area contributed by atoms with Crippen LogP contribution in [0.4, 0.5) is 23.4 Å². The Morgan fingerprint density at radius 1 is 1.23 bits per heavy atom. The minimum absolute atomic E-state index is 0.0582. The fourth-order valence-corrected chi connectivity index (χ4v) is 5.83. The third-order valence-electron chi connectivity index (χ3n) is 5.75. The third-order valence-corrected chi connectivity index (χ3v) is 7.67. The predicted octanol–water partition coefficient (Wildman–Crippen LogP) is 4.25. The monoisotopic (exact) mass is 446 g/mol. The Hall–Kier alpha value is -2.14. The van der Waals surface area contributed by atoms with Crippen molar-refractivity contribution < 1.29 is 26.0 Å². The molecule has 2 aliphatic heterocycles. The van der Waals surface area contributed by atoms with Crippen LogP contribution in [-0.4, -0.2) is 41.3 Å². The summed E-state index contributed by atoms with van der Waals surface area (Å²) in [5, 5.41) is 7.26. The van der Waals surface area contributed by atoms with Gasteiger partial charge in [-0.05, 0) is 49.9 Å². The van der Waals surface area contributed by atoms with E-state index in [1.165, 1.54) is 22.5 Å². The first-order valence-corrected chi connectivity index (χ1v) is 11.3. The van der Waals surface area contributed by atoms with Crippen LogP contribution in [-0.2, 0) is 10.0 Å². The van der Waals surface area contributed by atoms with Crippen molar-refractivity contribution in [3.63, 3.8) is 0 Å². The lowest BCUT2D eigenvalue weighted by Crippen LogP contribution is -2.39. The SMILES string of the molecule is CCC1CC(C(F)(F)F)n2nc(C3CCCN3S(=O)(=O)c3ccc(F)cc3)cc2N1. The number of halogens is 4. The number of nitrogens with one attached hydrogen (secondary N) is 1. The Labute approximate surface area is 171 Å². The van der Waals surface area contributed by atoms with Crippen LogP contribution < -0.4 is 5.32 Å². The molecule has 0 spiro atoms. The lowest BCUT2D eigenvalue weighted by atomic mass is 10.0. The number of fused-ring (bicyclic) bond motifs is 1. The topological polar surface area (TPSA) is 67.2 Å². The second-order valence-electron chi connectivity index (χ2n) is 7.67. The molecule has 0 saturated carbocycles. The molecular formula is C19H22F4N4O2S. The molecule has 11 heteroatoms. The highest BCUT2D eigenvalue weighted by molar-refractivity contribution is 7.89. The van der Waals surface area contributed by atoms with Crippen molar-refractivity contribution in [2.75, 3.05) is 11.9 Å². The highest BCUT2D eigenvalue weighted by Gasteiger charge is 2.47. The molecule has 0 amide bonds. The molecule has 3 heterocycles. The molecule has 0 bridgehead atoms. The van der Waals surface area contributed by atoms with Crippen molar-refractivity contribution in [1.29, 1.82) is 0 Å². The summed E-state index contributed by atoms with van der Waals surface area (Å²) in [6, 6.07) is 3.26. The van der Waals surface area contributed by atoms with Gasteiger partial charge in [-0.2, -0.15) is 22.6 Å². The fraction of sp³-hybridized carbons (Fsp3) is 0.526. The molecule has 164 valence electrons. The summed E-state index contributed by atoms with van der Waals surface area (Å²) in [6.07, 6.45) is -3.05.